The van der Waals surface area contributed by atoms with Crippen molar-refractivity contribution in [1.29, 1.82) is 0 Å². The van der Waals surface area contributed by atoms with Crippen LogP contribution in [-0.2, 0) is 9.59 Å². The zero-order valence-electron chi connectivity index (χ0n) is 10.3. The van der Waals surface area contributed by atoms with Crippen LogP contribution in [0, 0.1) is 5.92 Å². The molecule has 96 valence electrons. The SMILES string of the molecule is CCN(C(=O)C1C=CC(N)C1)C(C)CC(=O)O. The number of rotatable bonds is 5. The Balaban J connectivity index is 2.64. The molecule has 0 saturated carbocycles. The van der Waals surface area contributed by atoms with E-state index in [0.29, 0.717) is 13.0 Å². The Kier molecular flexibility index (Phi) is 4.69. The highest BCUT2D eigenvalue weighted by Crippen LogP contribution is 2.20. The van der Waals surface area contributed by atoms with Crippen LogP contribution in [0.3, 0.4) is 0 Å². The summed E-state index contributed by atoms with van der Waals surface area (Å²) in [4.78, 5) is 24.4. The Morgan fingerprint density at radius 1 is 1.53 bits per heavy atom. The van der Waals surface area contributed by atoms with Gasteiger partial charge in [0.15, 0.2) is 0 Å². The Labute approximate surface area is 101 Å². The number of amides is 1. The van der Waals surface area contributed by atoms with Gasteiger partial charge in [-0.05, 0) is 20.3 Å². The maximum absolute atomic E-state index is 12.2. The highest BCUT2D eigenvalue weighted by molar-refractivity contribution is 5.82. The third-order valence-electron chi connectivity index (χ3n) is 3.06. The van der Waals surface area contributed by atoms with Gasteiger partial charge in [0.05, 0.1) is 12.3 Å². The molecule has 0 radical (unpaired) electrons. The van der Waals surface area contributed by atoms with Crippen LogP contribution < -0.4 is 5.73 Å². The van der Waals surface area contributed by atoms with Gasteiger partial charge in [0.2, 0.25) is 5.91 Å². The zero-order valence-corrected chi connectivity index (χ0v) is 10.3. The van der Waals surface area contributed by atoms with Crippen LogP contribution in [0.4, 0.5) is 0 Å². The lowest BCUT2D eigenvalue weighted by molar-refractivity contribution is -0.141. The number of nitrogens with zero attached hydrogens (tertiary/aromatic N) is 1. The van der Waals surface area contributed by atoms with E-state index in [1.807, 2.05) is 19.1 Å². The second-order valence-corrected chi connectivity index (χ2v) is 4.46. The molecule has 1 aliphatic rings. The minimum Gasteiger partial charge on any atom is -0.481 e. The normalized spacial score (nSPS) is 24.6. The maximum Gasteiger partial charge on any atom is 0.305 e. The first kappa shape index (κ1) is 13.7. The average molecular weight is 240 g/mol. The van der Waals surface area contributed by atoms with Crippen LogP contribution in [0.25, 0.3) is 0 Å². The van der Waals surface area contributed by atoms with Gasteiger partial charge >= 0.3 is 5.97 Å². The van der Waals surface area contributed by atoms with Crippen LogP contribution >= 0.6 is 0 Å². The molecule has 0 saturated heterocycles. The lowest BCUT2D eigenvalue weighted by Crippen LogP contribution is -2.42. The summed E-state index contributed by atoms with van der Waals surface area (Å²) in [5.41, 5.74) is 5.71. The van der Waals surface area contributed by atoms with Crippen molar-refractivity contribution in [3.05, 3.63) is 12.2 Å². The first-order chi connectivity index (χ1) is 7.95. The van der Waals surface area contributed by atoms with E-state index in [-0.39, 0.29) is 30.3 Å². The van der Waals surface area contributed by atoms with Crippen LogP contribution in [0.5, 0.6) is 0 Å². The fraction of sp³-hybridized carbons (Fsp3) is 0.667. The van der Waals surface area contributed by atoms with E-state index >= 15 is 0 Å². The van der Waals surface area contributed by atoms with Gasteiger partial charge in [-0.1, -0.05) is 12.2 Å². The maximum atomic E-state index is 12.2. The Bertz CT molecular complexity index is 328. The molecule has 0 aromatic carbocycles. The summed E-state index contributed by atoms with van der Waals surface area (Å²) in [5.74, 6) is -1.10. The van der Waals surface area contributed by atoms with Crippen LogP contribution in [-0.4, -0.2) is 40.5 Å². The second kappa shape index (κ2) is 5.82. The lowest BCUT2D eigenvalue weighted by Gasteiger charge is -2.29. The van der Waals surface area contributed by atoms with Crippen molar-refractivity contribution < 1.29 is 14.7 Å². The van der Waals surface area contributed by atoms with E-state index < -0.39 is 5.97 Å². The van der Waals surface area contributed by atoms with E-state index in [2.05, 4.69) is 0 Å². The molecule has 3 N–H and O–H groups in total. The molecule has 0 aliphatic heterocycles. The largest absolute Gasteiger partial charge is 0.481 e. The number of hydrogen-bond donors (Lipinski definition) is 2. The average Bonchev–Trinajstić information content (AvgIpc) is 2.64. The molecular formula is C12H20N2O3. The van der Waals surface area contributed by atoms with Gasteiger partial charge in [-0.15, -0.1) is 0 Å². The Morgan fingerprint density at radius 2 is 2.18 bits per heavy atom. The molecule has 0 aromatic rings. The molecule has 5 heteroatoms. The first-order valence-electron chi connectivity index (χ1n) is 5.91. The van der Waals surface area contributed by atoms with Gasteiger partial charge in [0.25, 0.3) is 0 Å². The van der Waals surface area contributed by atoms with Crippen molar-refractivity contribution in [3.8, 4) is 0 Å². The van der Waals surface area contributed by atoms with E-state index in [0.717, 1.165) is 0 Å². The molecule has 3 atom stereocenters. The van der Waals surface area contributed by atoms with Gasteiger partial charge in [-0.25, -0.2) is 0 Å². The number of aliphatic carboxylic acids is 1. The number of hydrogen-bond acceptors (Lipinski definition) is 3. The molecule has 1 amide bonds. The van der Waals surface area contributed by atoms with Gasteiger partial charge in [0, 0.05) is 18.6 Å². The van der Waals surface area contributed by atoms with E-state index in [1.54, 1.807) is 11.8 Å². The molecule has 0 bridgehead atoms. The predicted molar refractivity (Wildman–Crippen MR) is 64.3 cm³/mol. The minimum absolute atomic E-state index is 0.0227. The quantitative estimate of drug-likeness (QED) is 0.689. The summed E-state index contributed by atoms with van der Waals surface area (Å²) < 4.78 is 0. The molecule has 0 heterocycles. The van der Waals surface area contributed by atoms with Gasteiger partial charge in [-0.3, -0.25) is 9.59 Å². The topological polar surface area (TPSA) is 83.6 Å². The highest BCUT2D eigenvalue weighted by atomic mass is 16.4. The predicted octanol–water partition coefficient (Wildman–Crippen LogP) is 0.601. The molecule has 0 spiro atoms. The number of carbonyl (C=O) groups excluding carboxylic acids is 1. The van der Waals surface area contributed by atoms with Crippen LogP contribution in [0.15, 0.2) is 12.2 Å². The van der Waals surface area contributed by atoms with Crippen molar-refractivity contribution in [1.82, 2.24) is 4.90 Å². The first-order valence-corrected chi connectivity index (χ1v) is 5.91. The number of carbonyl (C=O) groups is 2. The van der Waals surface area contributed by atoms with Crippen molar-refractivity contribution in [2.75, 3.05) is 6.54 Å². The second-order valence-electron chi connectivity index (χ2n) is 4.46. The van der Waals surface area contributed by atoms with Crippen molar-refractivity contribution >= 4 is 11.9 Å². The Hall–Kier alpha value is -1.36. The van der Waals surface area contributed by atoms with Gasteiger partial charge in [-0.2, -0.15) is 0 Å². The van der Waals surface area contributed by atoms with E-state index in [4.69, 9.17) is 10.8 Å². The molecule has 17 heavy (non-hydrogen) atoms. The van der Waals surface area contributed by atoms with Gasteiger partial charge in [0.1, 0.15) is 0 Å². The third-order valence-corrected chi connectivity index (χ3v) is 3.06. The van der Waals surface area contributed by atoms with E-state index in [1.165, 1.54) is 0 Å². The highest BCUT2D eigenvalue weighted by Gasteiger charge is 2.29. The zero-order chi connectivity index (χ0) is 13.0. The monoisotopic (exact) mass is 240 g/mol. The molecule has 0 fully saturated rings. The molecule has 0 aromatic heterocycles. The molecular weight excluding hydrogens is 220 g/mol. The lowest BCUT2D eigenvalue weighted by atomic mass is 10.0. The third kappa shape index (κ3) is 3.56. The molecule has 5 nitrogen and oxygen atoms in total. The summed E-state index contributed by atoms with van der Waals surface area (Å²) >= 11 is 0. The summed E-state index contributed by atoms with van der Waals surface area (Å²) in [5, 5.41) is 8.75. The summed E-state index contributed by atoms with van der Waals surface area (Å²) in [6.07, 6.45) is 4.25. The van der Waals surface area contributed by atoms with Crippen LogP contribution in [0.2, 0.25) is 0 Å². The Morgan fingerprint density at radius 3 is 2.59 bits per heavy atom. The summed E-state index contributed by atoms with van der Waals surface area (Å²) in [7, 11) is 0. The summed E-state index contributed by atoms with van der Waals surface area (Å²) in [6, 6.07) is -0.340. The van der Waals surface area contributed by atoms with Crippen molar-refractivity contribution in [3.63, 3.8) is 0 Å². The van der Waals surface area contributed by atoms with Crippen molar-refractivity contribution in [2.45, 2.75) is 38.8 Å². The summed E-state index contributed by atoms with van der Waals surface area (Å²) in [6.45, 7) is 4.13. The van der Waals surface area contributed by atoms with Crippen LogP contribution in [0.1, 0.15) is 26.7 Å². The fourth-order valence-corrected chi connectivity index (χ4v) is 2.17. The van der Waals surface area contributed by atoms with Gasteiger partial charge < -0.3 is 15.7 Å². The molecule has 3 unspecified atom stereocenters. The fourth-order valence-electron chi connectivity index (χ4n) is 2.17. The number of nitrogens with two attached hydrogens (primary N) is 1. The molecule has 1 aliphatic carbocycles. The molecule has 1 rings (SSSR count). The minimum atomic E-state index is -0.887. The number of carboxylic acid groups (broad SMARTS) is 1. The van der Waals surface area contributed by atoms with Crippen molar-refractivity contribution in [2.24, 2.45) is 11.7 Å². The standard InChI is InChI=1S/C12H20N2O3/c1-3-14(8(2)6-11(15)16)12(17)9-4-5-10(13)7-9/h4-5,8-10H,3,6-7,13H2,1-2H3,(H,15,16). The van der Waals surface area contributed by atoms with E-state index in [9.17, 15) is 9.59 Å². The number of carboxylic acids is 1. The smallest absolute Gasteiger partial charge is 0.305 e.